The quantitative estimate of drug-likeness (QED) is 0.436. The molecule has 5 nitrogen and oxygen atoms in total. The highest BCUT2D eigenvalue weighted by molar-refractivity contribution is 7.99. The number of benzene rings is 2. The Morgan fingerprint density at radius 3 is 2.57 bits per heavy atom. The summed E-state index contributed by atoms with van der Waals surface area (Å²) in [5.41, 5.74) is 3.22. The van der Waals surface area contributed by atoms with E-state index in [9.17, 15) is 4.79 Å². The van der Waals surface area contributed by atoms with Gasteiger partial charge in [0, 0.05) is 18.7 Å². The van der Waals surface area contributed by atoms with Gasteiger partial charge in [-0.2, -0.15) is 0 Å². The highest BCUT2D eigenvalue weighted by Gasteiger charge is 2.13. The summed E-state index contributed by atoms with van der Waals surface area (Å²) in [6.07, 6.45) is 3.52. The van der Waals surface area contributed by atoms with Crippen molar-refractivity contribution in [2.24, 2.45) is 0 Å². The van der Waals surface area contributed by atoms with Crippen LogP contribution in [0.4, 0.5) is 5.69 Å². The van der Waals surface area contributed by atoms with Crippen molar-refractivity contribution in [1.82, 2.24) is 14.8 Å². The first kappa shape index (κ1) is 19.9. The number of nitrogens with one attached hydrogen (secondary N) is 1. The minimum absolute atomic E-state index is 0.0622. The van der Waals surface area contributed by atoms with Crippen LogP contribution in [0, 0.1) is 6.92 Å². The van der Waals surface area contributed by atoms with E-state index in [1.54, 1.807) is 0 Å². The number of hydrogen-bond acceptors (Lipinski definition) is 4. The van der Waals surface area contributed by atoms with Crippen LogP contribution in [0.3, 0.4) is 0 Å². The standard InChI is InChI=1S/C22H24N4OS/c1-3-15-26-20(14-11-18-7-5-4-6-8-18)24-25-22(26)28-16-21(27)23-19-12-9-17(2)10-13-19/h3-10,12-13H,1,11,14-16H2,2H3,(H,23,27). The van der Waals surface area contributed by atoms with Gasteiger partial charge in [0.05, 0.1) is 5.75 Å². The zero-order valence-electron chi connectivity index (χ0n) is 16.0. The highest BCUT2D eigenvalue weighted by atomic mass is 32.2. The van der Waals surface area contributed by atoms with Crippen LogP contribution in [0.15, 0.2) is 72.4 Å². The molecule has 0 saturated carbocycles. The van der Waals surface area contributed by atoms with Gasteiger partial charge in [-0.3, -0.25) is 4.79 Å². The molecule has 0 aliphatic carbocycles. The Morgan fingerprint density at radius 1 is 1.11 bits per heavy atom. The Hall–Kier alpha value is -2.86. The van der Waals surface area contributed by atoms with E-state index >= 15 is 0 Å². The molecule has 0 spiro atoms. The number of carbonyl (C=O) groups excluding carboxylic acids is 1. The summed E-state index contributed by atoms with van der Waals surface area (Å²) >= 11 is 1.39. The average molecular weight is 393 g/mol. The maximum atomic E-state index is 12.2. The Morgan fingerprint density at radius 2 is 1.86 bits per heavy atom. The first-order valence-corrected chi connectivity index (χ1v) is 10.2. The Bertz CT molecular complexity index is 919. The lowest BCUT2D eigenvalue weighted by atomic mass is 10.1. The van der Waals surface area contributed by atoms with Crippen LogP contribution >= 0.6 is 11.8 Å². The lowest BCUT2D eigenvalue weighted by molar-refractivity contribution is -0.113. The molecule has 0 unspecified atom stereocenters. The van der Waals surface area contributed by atoms with Gasteiger partial charge in [-0.15, -0.1) is 16.8 Å². The zero-order valence-corrected chi connectivity index (χ0v) is 16.8. The SMILES string of the molecule is C=CCn1c(CCc2ccccc2)nnc1SCC(=O)Nc1ccc(C)cc1. The van der Waals surface area contributed by atoms with Crippen molar-refractivity contribution in [2.75, 3.05) is 11.1 Å². The molecule has 0 saturated heterocycles. The predicted octanol–water partition coefficient (Wildman–Crippen LogP) is 4.29. The monoisotopic (exact) mass is 392 g/mol. The van der Waals surface area contributed by atoms with Crippen LogP contribution in [-0.4, -0.2) is 26.4 Å². The summed E-state index contributed by atoms with van der Waals surface area (Å²) < 4.78 is 2.03. The van der Waals surface area contributed by atoms with Gasteiger partial charge >= 0.3 is 0 Å². The van der Waals surface area contributed by atoms with Crippen LogP contribution in [0.1, 0.15) is 17.0 Å². The van der Waals surface area contributed by atoms with Crippen LogP contribution in [0.25, 0.3) is 0 Å². The third-order valence-corrected chi connectivity index (χ3v) is 5.22. The van der Waals surface area contributed by atoms with E-state index in [-0.39, 0.29) is 11.7 Å². The average Bonchev–Trinajstić information content (AvgIpc) is 3.09. The second-order valence-electron chi connectivity index (χ2n) is 6.49. The van der Waals surface area contributed by atoms with E-state index in [0.29, 0.717) is 6.54 Å². The smallest absolute Gasteiger partial charge is 0.234 e. The van der Waals surface area contributed by atoms with E-state index in [0.717, 1.165) is 35.1 Å². The fourth-order valence-corrected chi connectivity index (χ4v) is 3.55. The third kappa shape index (κ3) is 5.57. The molecule has 1 aromatic heterocycles. The summed E-state index contributed by atoms with van der Waals surface area (Å²) in [4.78, 5) is 12.2. The second-order valence-corrected chi connectivity index (χ2v) is 7.43. The lowest BCUT2D eigenvalue weighted by Gasteiger charge is -2.08. The van der Waals surface area contributed by atoms with Gasteiger partial charge in [-0.05, 0) is 31.0 Å². The molecule has 0 bridgehead atoms. The predicted molar refractivity (Wildman–Crippen MR) is 115 cm³/mol. The third-order valence-electron chi connectivity index (χ3n) is 4.25. The van der Waals surface area contributed by atoms with E-state index in [2.05, 4.69) is 34.2 Å². The number of allylic oxidation sites excluding steroid dienone is 1. The van der Waals surface area contributed by atoms with Crippen LogP contribution in [0.2, 0.25) is 0 Å². The molecule has 0 atom stereocenters. The van der Waals surface area contributed by atoms with Crippen molar-refractivity contribution in [3.8, 4) is 0 Å². The van der Waals surface area contributed by atoms with Gasteiger partial charge in [0.15, 0.2) is 5.16 Å². The Balaban J connectivity index is 1.59. The number of hydrogen-bond donors (Lipinski definition) is 1. The maximum Gasteiger partial charge on any atom is 0.234 e. The van der Waals surface area contributed by atoms with E-state index in [1.165, 1.54) is 17.3 Å². The topological polar surface area (TPSA) is 59.8 Å². The van der Waals surface area contributed by atoms with Crippen molar-refractivity contribution in [2.45, 2.75) is 31.5 Å². The summed E-state index contributed by atoms with van der Waals surface area (Å²) in [6.45, 7) is 6.47. The highest BCUT2D eigenvalue weighted by Crippen LogP contribution is 2.19. The maximum absolute atomic E-state index is 12.2. The molecule has 0 aliphatic heterocycles. The fraction of sp³-hybridized carbons (Fsp3) is 0.227. The summed E-state index contributed by atoms with van der Waals surface area (Å²) in [5.74, 6) is 1.13. The number of nitrogens with zero attached hydrogens (tertiary/aromatic N) is 3. The molecule has 0 radical (unpaired) electrons. The number of rotatable bonds is 9. The molecule has 1 N–H and O–H groups in total. The Labute approximate surface area is 169 Å². The molecule has 144 valence electrons. The van der Waals surface area contributed by atoms with Gasteiger partial charge in [0.1, 0.15) is 5.82 Å². The summed E-state index contributed by atoms with van der Waals surface area (Å²) in [7, 11) is 0. The number of aromatic nitrogens is 3. The number of amides is 1. The molecule has 6 heteroatoms. The van der Waals surface area contributed by atoms with Crippen LogP contribution < -0.4 is 5.32 Å². The minimum Gasteiger partial charge on any atom is -0.325 e. The molecule has 3 rings (SSSR count). The van der Waals surface area contributed by atoms with Crippen molar-refractivity contribution >= 4 is 23.4 Å². The van der Waals surface area contributed by atoms with Crippen LogP contribution in [0.5, 0.6) is 0 Å². The molecule has 0 aliphatic rings. The van der Waals surface area contributed by atoms with Crippen molar-refractivity contribution in [3.05, 3.63) is 84.2 Å². The van der Waals surface area contributed by atoms with Crippen molar-refractivity contribution < 1.29 is 4.79 Å². The van der Waals surface area contributed by atoms with Gasteiger partial charge in [0.25, 0.3) is 0 Å². The molecule has 2 aromatic carbocycles. The summed E-state index contributed by atoms with van der Waals surface area (Å²) in [5, 5.41) is 12.3. The van der Waals surface area contributed by atoms with Gasteiger partial charge < -0.3 is 9.88 Å². The zero-order chi connectivity index (χ0) is 19.8. The van der Waals surface area contributed by atoms with Gasteiger partial charge in [0.2, 0.25) is 5.91 Å². The molecule has 3 aromatic rings. The largest absolute Gasteiger partial charge is 0.325 e. The number of thioether (sulfide) groups is 1. The van der Waals surface area contributed by atoms with Crippen molar-refractivity contribution in [1.29, 1.82) is 0 Å². The number of anilines is 1. The van der Waals surface area contributed by atoms with Gasteiger partial charge in [-0.1, -0.05) is 65.9 Å². The fourth-order valence-electron chi connectivity index (χ4n) is 2.79. The molecular formula is C22H24N4OS. The second kappa shape index (κ2) is 9.90. The molecular weight excluding hydrogens is 368 g/mol. The first-order valence-electron chi connectivity index (χ1n) is 9.22. The molecule has 28 heavy (non-hydrogen) atoms. The van der Waals surface area contributed by atoms with E-state index in [1.807, 2.05) is 60.0 Å². The molecule has 1 amide bonds. The van der Waals surface area contributed by atoms with Crippen molar-refractivity contribution in [3.63, 3.8) is 0 Å². The summed E-state index contributed by atoms with van der Waals surface area (Å²) in [6, 6.07) is 18.1. The van der Waals surface area contributed by atoms with E-state index in [4.69, 9.17) is 0 Å². The number of carbonyl (C=O) groups is 1. The molecule has 0 fully saturated rings. The van der Waals surface area contributed by atoms with Crippen LogP contribution in [-0.2, 0) is 24.2 Å². The van der Waals surface area contributed by atoms with Gasteiger partial charge in [-0.25, -0.2) is 0 Å². The Kier molecular flexibility index (Phi) is 7.03. The normalized spacial score (nSPS) is 10.6. The number of aryl methyl sites for hydroxylation is 3. The first-order chi connectivity index (χ1) is 13.7. The lowest BCUT2D eigenvalue weighted by Crippen LogP contribution is -2.14. The van der Waals surface area contributed by atoms with E-state index < -0.39 is 0 Å². The molecule has 1 heterocycles. The minimum atomic E-state index is -0.0622.